The SMILES string of the molecule is CCC(CC)(CC)n1nnc2cc(C(=O)O)ccc21. The second-order valence-corrected chi connectivity index (χ2v) is 4.79. The van der Waals surface area contributed by atoms with Crippen molar-refractivity contribution >= 4 is 17.0 Å². The molecule has 0 aliphatic carbocycles. The van der Waals surface area contributed by atoms with Crippen molar-refractivity contribution in [2.24, 2.45) is 0 Å². The van der Waals surface area contributed by atoms with Crippen LogP contribution in [0.1, 0.15) is 50.4 Å². The van der Waals surface area contributed by atoms with Gasteiger partial charge in [-0.15, -0.1) is 5.10 Å². The summed E-state index contributed by atoms with van der Waals surface area (Å²) in [4.78, 5) is 11.0. The van der Waals surface area contributed by atoms with Crippen molar-refractivity contribution in [2.75, 3.05) is 0 Å². The summed E-state index contributed by atoms with van der Waals surface area (Å²) in [5, 5.41) is 17.4. The van der Waals surface area contributed by atoms with Crippen LogP contribution in [0.4, 0.5) is 0 Å². The van der Waals surface area contributed by atoms with Gasteiger partial charge in [0.05, 0.1) is 16.6 Å². The smallest absolute Gasteiger partial charge is 0.335 e. The maximum absolute atomic E-state index is 11.0. The molecule has 1 N–H and O–H groups in total. The number of aromatic nitrogens is 3. The van der Waals surface area contributed by atoms with Crippen molar-refractivity contribution < 1.29 is 9.90 Å². The third-order valence-corrected chi connectivity index (χ3v) is 4.12. The summed E-state index contributed by atoms with van der Waals surface area (Å²) < 4.78 is 1.95. The minimum Gasteiger partial charge on any atom is -0.478 e. The van der Waals surface area contributed by atoms with Gasteiger partial charge in [-0.05, 0) is 37.5 Å². The Hall–Kier alpha value is -1.91. The number of benzene rings is 1. The first-order chi connectivity index (χ1) is 9.07. The van der Waals surface area contributed by atoms with E-state index >= 15 is 0 Å². The molecule has 0 unspecified atom stereocenters. The van der Waals surface area contributed by atoms with Crippen LogP contribution in [0.2, 0.25) is 0 Å². The summed E-state index contributed by atoms with van der Waals surface area (Å²) in [6, 6.07) is 4.98. The number of carbonyl (C=O) groups is 1. The summed E-state index contributed by atoms with van der Waals surface area (Å²) in [5.41, 5.74) is 1.74. The van der Waals surface area contributed by atoms with Crippen LogP contribution in [0.3, 0.4) is 0 Å². The van der Waals surface area contributed by atoms with Gasteiger partial charge in [-0.3, -0.25) is 0 Å². The van der Waals surface area contributed by atoms with E-state index in [9.17, 15) is 4.79 Å². The molecule has 0 fully saturated rings. The van der Waals surface area contributed by atoms with Crippen LogP contribution in [0.25, 0.3) is 11.0 Å². The van der Waals surface area contributed by atoms with Crippen molar-refractivity contribution in [1.82, 2.24) is 15.0 Å². The highest BCUT2D eigenvalue weighted by atomic mass is 16.4. The Kier molecular flexibility index (Phi) is 3.55. The maximum Gasteiger partial charge on any atom is 0.335 e. The third kappa shape index (κ3) is 2.09. The van der Waals surface area contributed by atoms with Crippen LogP contribution in [0.15, 0.2) is 18.2 Å². The van der Waals surface area contributed by atoms with Gasteiger partial charge < -0.3 is 5.11 Å². The van der Waals surface area contributed by atoms with E-state index in [1.54, 1.807) is 18.2 Å². The van der Waals surface area contributed by atoms with Gasteiger partial charge in [0.2, 0.25) is 0 Å². The van der Waals surface area contributed by atoms with Crippen LogP contribution in [0, 0.1) is 0 Å². The average molecular weight is 261 g/mol. The van der Waals surface area contributed by atoms with Gasteiger partial charge in [0, 0.05) is 0 Å². The van der Waals surface area contributed by atoms with E-state index < -0.39 is 5.97 Å². The maximum atomic E-state index is 11.0. The van der Waals surface area contributed by atoms with E-state index in [4.69, 9.17) is 5.11 Å². The summed E-state index contributed by atoms with van der Waals surface area (Å²) >= 11 is 0. The molecule has 1 aromatic carbocycles. The minimum atomic E-state index is -0.941. The fourth-order valence-electron chi connectivity index (χ4n) is 2.61. The van der Waals surface area contributed by atoms with Gasteiger partial charge in [-0.2, -0.15) is 0 Å². The number of aromatic carboxylic acids is 1. The molecule has 2 aromatic rings. The molecule has 0 aliphatic heterocycles. The van der Waals surface area contributed by atoms with Gasteiger partial charge in [-0.25, -0.2) is 9.48 Å². The van der Waals surface area contributed by atoms with Crippen LogP contribution < -0.4 is 0 Å². The lowest BCUT2D eigenvalue weighted by atomic mass is 9.90. The van der Waals surface area contributed by atoms with Crippen LogP contribution in [-0.2, 0) is 5.54 Å². The molecule has 5 nitrogen and oxygen atoms in total. The normalized spacial score (nSPS) is 11.9. The number of hydrogen-bond acceptors (Lipinski definition) is 3. The molecule has 2 rings (SSSR count). The van der Waals surface area contributed by atoms with Crippen molar-refractivity contribution in [3.05, 3.63) is 23.8 Å². The van der Waals surface area contributed by atoms with Gasteiger partial charge in [0.25, 0.3) is 0 Å². The van der Waals surface area contributed by atoms with E-state index in [-0.39, 0.29) is 11.1 Å². The van der Waals surface area contributed by atoms with Crippen molar-refractivity contribution in [3.63, 3.8) is 0 Å². The van der Waals surface area contributed by atoms with E-state index in [1.807, 2.05) is 4.68 Å². The molecule has 1 aromatic heterocycles. The Morgan fingerprint density at radius 1 is 1.26 bits per heavy atom. The molecule has 0 bridgehead atoms. The number of fused-ring (bicyclic) bond motifs is 1. The quantitative estimate of drug-likeness (QED) is 0.898. The lowest BCUT2D eigenvalue weighted by Gasteiger charge is -2.31. The monoisotopic (exact) mass is 261 g/mol. The second kappa shape index (κ2) is 4.99. The molecule has 0 saturated carbocycles. The van der Waals surface area contributed by atoms with Crippen molar-refractivity contribution in [3.8, 4) is 0 Å². The highest BCUT2D eigenvalue weighted by molar-refractivity contribution is 5.92. The summed E-state index contributed by atoms with van der Waals surface area (Å²) in [5.74, 6) is -0.941. The molecule has 0 amide bonds. The first kappa shape index (κ1) is 13.5. The topological polar surface area (TPSA) is 68.0 Å². The van der Waals surface area contributed by atoms with Crippen molar-refractivity contribution in [1.29, 1.82) is 0 Å². The Labute approximate surface area is 112 Å². The molecule has 1 heterocycles. The van der Waals surface area contributed by atoms with E-state index in [0.717, 1.165) is 24.8 Å². The molecule has 0 saturated heterocycles. The molecular formula is C14H19N3O2. The lowest BCUT2D eigenvalue weighted by Crippen LogP contribution is -2.32. The predicted molar refractivity (Wildman–Crippen MR) is 73.3 cm³/mol. The average Bonchev–Trinajstić information content (AvgIpc) is 2.85. The first-order valence-electron chi connectivity index (χ1n) is 6.67. The van der Waals surface area contributed by atoms with Gasteiger partial charge >= 0.3 is 5.97 Å². The lowest BCUT2D eigenvalue weighted by molar-refractivity contribution is 0.0697. The first-order valence-corrected chi connectivity index (χ1v) is 6.67. The Balaban J connectivity index is 2.60. The summed E-state index contributed by atoms with van der Waals surface area (Å²) in [6.45, 7) is 6.43. The molecule has 19 heavy (non-hydrogen) atoms. The zero-order valence-corrected chi connectivity index (χ0v) is 11.6. The summed E-state index contributed by atoms with van der Waals surface area (Å²) in [7, 11) is 0. The zero-order chi connectivity index (χ0) is 14.0. The van der Waals surface area contributed by atoms with Crippen molar-refractivity contribution in [2.45, 2.75) is 45.6 Å². The standard InChI is InChI=1S/C14H19N3O2/c1-4-14(5-2,6-3)17-12-8-7-10(13(18)19)9-11(12)15-16-17/h7-9H,4-6H2,1-3H3,(H,18,19). The minimum absolute atomic E-state index is 0.0422. The Morgan fingerprint density at radius 2 is 1.89 bits per heavy atom. The van der Waals surface area contributed by atoms with Gasteiger partial charge in [-0.1, -0.05) is 26.0 Å². The molecule has 0 atom stereocenters. The largest absolute Gasteiger partial charge is 0.478 e. The molecule has 0 radical (unpaired) electrons. The number of carboxylic acids is 1. The summed E-state index contributed by atoms with van der Waals surface area (Å²) in [6.07, 6.45) is 2.91. The number of hydrogen-bond donors (Lipinski definition) is 1. The highest BCUT2D eigenvalue weighted by Gasteiger charge is 2.29. The van der Waals surface area contributed by atoms with E-state index in [0.29, 0.717) is 5.52 Å². The van der Waals surface area contributed by atoms with Crippen LogP contribution in [0.5, 0.6) is 0 Å². The van der Waals surface area contributed by atoms with E-state index in [2.05, 4.69) is 31.1 Å². The van der Waals surface area contributed by atoms with Crippen LogP contribution >= 0.6 is 0 Å². The fraction of sp³-hybridized carbons (Fsp3) is 0.500. The number of nitrogens with zero attached hydrogens (tertiary/aromatic N) is 3. The zero-order valence-electron chi connectivity index (χ0n) is 11.6. The highest BCUT2D eigenvalue weighted by Crippen LogP contribution is 2.31. The second-order valence-electron chi connectivity index (χ2n) is 4.79. The van der Waals surface area contributed by atoms with Gasteiger partial charge in [0.1, 0.15) is 5.52 Å². The number of rotatable bonds is 5. The molecule has 0 aliphatic rings. The fourth-order valence-corrected chi connectivity index (χ4v) is 2.61. The third-order valence-electron chi connectivity index (χ3n) is 4.12. The Bertz CT molecular complexity index is 591. The molecular weight excluding hydrogens is 242 g/mol. The predicted octanol–water partition coefficient (Wildman–Crippen LogP) is 3.05. The van der Waals surface area contributed by atoms with Gasteiger partial charge in [0.15, 0.2) is 0 Å². The number of carboxylic acid groups (broad SMARTS) is 1. The molecule has 5 heteroatoms. The molecule has 102 valence electrons. The molecule has 0 spiro atoms. The van der Waals surface area contributed by atoms with E-state index in [1.165, 1.54) is 0 Å². The Morgan fingerprint density at radius 3 is 2.42 bits per heavy atom. The van der Waals surface area contributed by atoms with Crippen LogP contribution in [-0.4, -0.2) is 26.1 Å².